The molecule has 0 aliphatic heterocycles. The van der Waals surface area contributed by atoms with Crippen LogP contribution in [0.4, 0.5) is 14.5 Å². The molecule has 1 heterocycles. The lowest BCUT2D eigenvalue weighted by atomic mass is 10.0. The quantitative estimate of drug-likeness (QED) is 0.646. The molecular weight excluding hydrogens is 238 g/mol. The Labute approximate surface area is 94.1 Å². The van der Waals surface area contributed by atoms with Crippen LogP contribution in [-0.4, -0.2) is 21.0 Å². The Kier molecular flexibility index (Phi) is 3.66. The van der Waals surface area contributed by atoms with Crippen LogP contribution in [0.3, 0.4) is 0 Å². The van der Waals surface area contributed by atoms with Crippen molar-refractivity contribution in [3.05, 3.63) is 33.1 Å². The Morgan fingerprint density at radius 1 is 1.65 bits per heavy atom. The van der Waals surface area contributed by atoms with Gasteiger partial charge >= 0.3 is 5.97 Å². The summed E-state index contributed by atoms with van der Waals surface area (Å²) in [5.41, 5.74) is -1.59. The van der Waals surface area contributed by atoms with Crippen molar-refractivity contribution in [2.45, 2.75) is 19.8 Å². The van der Waals surface area contributed by atoms with Gasteiger partial charge in [0.15, 0.2) is 0 Å². The zero-order valence-corrected chi connectivity index (χ0v) is 8.68. The van der Waals surface area contributed by atoms with Crippen LogP contribution in [0.25, 0.3) is 0 Å². The summed E-state index contributed by atoms with van der Waals surface area (Å²) in [6.45, 7) is 1.19. The molecule has 8 heteroatoms. The second-order valence-electron chi connectivity index (χ2n) is 3.26. The highest BCUT2D eigenvalue weighted by Crippen LogP contribution is 2.28. The monoisotopic (exact) mass is 246 g/mol. The summed E-state index contributed by atoms with van der Waals surface area (Å²) in [6.07, 6.45) is -2.93. The summed E-state index contributed by atoms with van der Waals surface area (Å²) in [4.78, 5) is 23.6. The Morgan fingerprint density at radius 2 is 2.24 bits per heavy atom. The molecule has 0 bridgehead atoms. The van der Waals surface area contributed by atoms with Gasteiger partial charge in [-0.1, -0.05) is 0 Å². The van der Waals surface area contributed by atoms with Crippen LogP contribution in [0.1, 0.15) is 23.2 Å². The van der Waals surface area contributed by atoms with E-state index in [1.807, 2.05) is 0 Å². The van der Waals surface area contributed by atoms with E-state index in [2.05, 4.69) is 4.98 Å². The first-order chi connectivity index (χ1) is 7.84. The van der Waals surface area contributed by atoms with Gasteiger partial charge in [-0.3, -0.25) is 14.9 Å². The zero-order valence-electron chi connectivity index (χ0n) is 8.68. The SMILES string of the molecule is Cc1c(C(F)F)ncc([N+](=O)[O-])c1CC(=O)O. The number of carbonyl (C=O) groups is 1. The van der Waals surface area contributed by atoms with Crippen LogP contribution in [0.5, 0.6) is 0 Å². The van der Waals surface area contributed by atoms with Gasteiger partial charge in [-0.15, -0.1) is 0 Å². The van der Waals surface area contributed by atoms with Gasteiger partial charge < -0.3 is 5.11 Å². The molecule has 92 valence electrons. The summed E-state index contributed by atoms with van der Waals surface area (Å²) in [6, 6.07) is 0. The van der Waals surface area contributed by atoms with Gasteiger partial charge in [-0.2, -0.15) is 0 Å². The maximum Gasteiger partial charge on any atom is 0.308 e. The predicted molar refractivity (Wildman–Crippen MR) is 51.9 cm³/mol. The van der Waals surface area contributed by atoms with E-state index in [0.717, 1.165) is 0 Å². The summed E-state index contributed by atoms with van der Waals surface area (Å²) < 4.78 is 25.0. The molecular formula is C9H8F2N2O4. The normalized spacial score (nSPS) is 10.6. The number of pyridine rings is 1. The molecule has 1 aromatic rings. The molecule has 6 nitrogen and oxygen atoms in total. The number of alkyl halides is 2. The lowest BCUT2D eigenvalue weighted by molar-refractivity contribution is -0.385. The predicted octanol–water partition coefficient (Wildman–Crippen LogP) is 1.86. The minimum atomic E-state index is -2.90. The van der Waals surface area contributed by atoms with E-state index in [4.69, 9.17) is 5.11 Å². The van der Waals surface area contributed by atoms with Crippen LogP contribution in [0.2, 0.25) is 0 Å². The van der Waals surface area contributed by atoms with Gasteiger partial charge in [0.1, 0.15) is 11.9 Å². The van der Waals surface area contributed by atoms with Gasteiger partial charge in [-0.05, 0) is 12.5 Å². The van der Waals surface area contributed by atoms with Crippen molar-refractivity contribution in [3.63, 3.8) is 0 Å². The number of carboxylic acid groups (broad SMARTS) is 1. The molecule has 0 aromatic carbocycles. The second-order valence-corrected chi connectivity index (χ2v) is 3.26. The van der Waals surface area contributed by atoms with E-state index in [0.29, 0.717) is 6.20 Å². The number of carboxylic acids is 1. The Balaban J connectivity index is 3.41. The fraction of sp³-hybridized carbons (Fsp3) is 0.333. The average molecular weight is 246 g/mol. The molecule has 0 spiro atoms. The number of nitrogens with zero attached hydrogens (tertiary/aromatic N) is 2. The fourth-order valence-electron chi connectivity index (χ4n) is 1.40. The lowest BCUT2D eigenvalue weighted by Gasteiger charge is -2.08. The third-order valence-electron chi connectivity index (χ3n) is 2.20. The summed E-state index contributed by atoms with van der Waals surface area (Å²) >= 11 is 0. The van der Waals surface area contributed by atoms with Crippen LogP contribution in [-0.2, 0) is 11.2 Å². The first-order valence-electron chi connectivity index (χ1n) is 4.47. The molecule has 0 saturated carbocycles. The van der Waals surface area contributed by atoms with Crippen molar-refractivity contribution >= 4 is 11.7 Å². The van der Waals surface area contributed by atoms with Gasteiger partial charge in [0.2, 0.25) is 0 Å². The minimum Gasteiger partial charge on any atom is -0.481 e. The van der Waals surface area contributed by atoms with Crippen molar-refractivity contribution in [2.24, 2.45) is 0 Å². The highest BCUT2D eigenvalue weighted by molar-refractivity contribution is 5.73. The van der Waals surface area contributed by atoms with Crippen molar-refractivity contribution in [1.82, 2.24) is 4.98 Å². The van der Waals surface area contributed by atoms with Gasteiger partial charge in [0.05, 0.1) is 11.3 Å². The highest BCUT2D eigenvalue weighted by Gasteiger charge is 2.24. The van der Waals surface area contributed by atoms with Crippen LogP contribution < -0.4 is 0 Å². The summed E-state index contributed by atoms with van der Waals surface area (Å²) in [5, 5.41) is 19.2. The van der Waals surface area contributed by atoms with Crippen molar-refractivity contribution in [2.75, 3.05) is 0 Å². The van der Waals surface area contributed by atoms with Crippen LogP contribution in [0, 0.1) is 17.0 Å². The number of hydrogen-bond donors (Lipinski definition) is 1. The Bertz CT molecular complexity index is 476. The molecule has 0 aliphatic carbocycles. The van der Waals surface area contributed by atoms with Crippen LogP contribution >= 0.6 is 0 Å². The number of hydrogen-bond acceptors (Lipinski definition) is 4. The maximum atomic E-state index is 12.5. The number of aromatic nitrogens is 1. The van der Waals surface area contributed by atoms with Crippen molar-refractivity contribution in [3.8, 4) is 0 Å². The third kappa shape index (κ3) is 2.71. The van der Waals surface area contributed by atoms with Gasteiger partial charge in [-0.25, -0.2) is 13.8 Å². The molecule has 0 unspecified atom stereocenters. The summed E-state index contributed by atoms with van der Waals surface area (Å²) in [7, 11) is 0. The molecule has 0 radical (unpaired) electrons. The highest BCUT2D eigenvalue weighted by atomic mass is 19.3. The molecule has 0 amide bonds. The van der Waals surface area contributed by atoms with E-state index in [-0.39, 0.29) is 11.1 Å². The first kappa shape index (κ1) is 12.9. The average Bonchev–Trinajstić information content (AvgIpc) is 2.19. The Morgan fingerprint density at radius 3 is 2.65 bits per heavy atom. The zero-order chi connectivity index (χ0) is 13.2. The number of nitro groups is 1. The minimum absolute atomic E-state index is 0.156. The number of aliphatic carboxylic acids is 1. The second kappa shape index (κ2) is 4.81. The smallest absolute Gasteiger partial charge is 0.308 e. The topological polar surface area (TPSA) is 93.3 Å². The molecule has 0 saturated heterocycles. The molecule has 17 heavy (non-hydrogen) atoms. The molecule has 0 aliphatic rings. The van der Waals surface area contributed by atoms with E-state index in [1.165, 1.54) is 6.92 Å². The third-order valence-corrected chi connectivity index (χ3v) is 2.20. The Hall–Kier alpha value is -2.12. The standard InChI is InChI=1S/C9H8F2N2O4/c1-4-5(2-7(14)15)6(13(16)17)3-12-8(4)9(10)11/h3,9H,2H2,1H3,(H,14,15). The van der Waals surface area contributed by atoms with Crippen molar-refractivity contribution < 1.29 is 23.6 Å². The number of halogens is 2. The molecule has 1 N–H and O–H groups in total. The number of rotatable bonds is 4. The van der Waals surface area contributed by atoms with Gasteiger partial charge in [0.25, 0.3) is 12.1 Å². The maximum absolute atomic E-state index is 12.5. The van der Waals surface area contributed by atoms with E-state index in [1.54, 1.807) is 0 Å². The fourth-order valence-corrected chi connectivity index (χ4v) is 1.40. The molecule has 1 aromatic heterocycles. The van der Waals surface area contributed by atoms with Gasteiger partial charge in [0, 0.05) is 5.56 Å². The van der Waals surface area contributed by atoms with E-state index in [9.17, 15) is 23.7 Å². The van der Waals surface area contributed by atoms with E-state index >= 15 is 0 Å². The molecule has 0 atom stereocenters. The lowest BCUT2D eigenvalue weighted by Crippen LogP contribution is -2.09. The summed E-state index contributed by atoms with van der Waals surface area (Å²) in [5.74, 6) is -1.33. The largest absolute Gasteiger partial charge is 0.481 e. The molecule has 1 rings (SSSR count). The van der Waals surface area contributed by atoms with Crippen LogP contribution in [0.15, 0.2) is 6.20 Å². The molecule has 0 fully saturated rings. The van der Waals surface area contributed by atoms with E-state index < -0.39 is 35.1 Å². The van der Waals surface area contributed by atoms with Crippen molar-refractivity contribution in [1.29, 1.82) is 0 Å². The first-order valence-corrected chi connectivity index (χ1v) is 4.47.